The van der Waals surface area contributed by atoms with Crippen LogP contribution in [0.25, 0.3) is 0 Å². The van der Waals surface area contributed by atoms with Gasteiger partial charge in [0.05, 0.1) is 18.9 Å². The van der Waals surface area contributed by atoms with Gasteiger partial charge in [-0.25, -0.2) is 4.39 Å². The van der Waals surface area contributed by atoms with Gasteiger partial charge in [-0.05, 0) is 31.2 Å². The molecule has 1 aromatic rings. The predicted molar refractivity (Wildman–Crippen MR) is 84.9 cm³/mol. The number of carbonyl (C=O) groups is 2. The van der Waals surface area contributed by atoms with Gasteiger partial charge in [0.1, 0.15) is 5.82 Å². The maximum absolute atomic E-state index is 13.5. The number of ether oxygens (including phenoxy) is 1. The zero-order chi connectivity index (χ0) is 16.7. The summed E-state index contributed by atoms with van der Waals surface area (Å²) < 4.78 is 18.8. The van der Waals surface area contributed by atoms with Crippen LogP contribution in [0.3, 0.4) is 0 Å². The summed E-state index contributed by atoms with van der Waals surface area (Å²) in [5, 5.41) is 4.95. The van der Waals surface area contributed by atoms with Crippen LogP contribution >= 0.6 is 11.6 Å². The number of nitrogens with one attached hydrogen (secondary N) is 2. The van der Waals surface area contributed by atoms with E-state index < -0.39 is 17.6 Å². The highest BCUT2D eigenvalue weighted by Gasteiger charge is 2.15. The zero-order valence-corrected chi connectivity index (χ0v) is 13.4. The molecular weight excluding hydrogens is 325 g/mol. The molecule has 2 N–H and O–H groups in total. The van der Waals surface area contributed by atoms with Gasteiger partial charge in [-0.3, -0.25) is 14.5 Å². The van der Waals surface area contributed by atoms with Crippen LogP contribution in [-0.2, 0) is 14.3 Å². The monoisotopic (exact) mass is 343 g/mol. The number of anilines is 1. The molecule has 1 fully saturated rings. The summed E-state index contributed by atoms with van der Waals surface area (Å²) in [6, 6.07) is 3.80. The average Bonchev–Trinajstić information content (AvgIpc) is 2.55. The molecule has 8 heteroatoms. The molecule has 2 amide bonds. The minimum Gasteiger partial charge on any atom is -0.379 e. The lowest BCUT2D eigenvalue weighted by Crippen LogP contribution is -2.39. The van der Waals surface area contributed by atoms with Gasteiger partial charge in [0.15, 0.2) is 0 Å². The van der Waals surface area contributed by atoms with Gasteiger partial charge in [0.2, 0.25) is 0 Å². The first-order chi connectivity index (χ1) is 11.1. The van der Waals surface area contributed by atoms with E-state index in [0.29, 0.717) is 6.54 Å². The molecule has 0 spiro atoms. The summed E-state index contributed by atoms with van der Waals surface area (Å²) in [7, 11) is 0. The Morgan fingerprint density at radius 2 is 2.00 bits per heavy atom. The highest BCUT2D eigenvalue weighted by Crippen LogP contribution is 2.18. The van der Waals surface area contributed by atoms with E-state index in [1.165, 1.54) is 12.1 Å². The fourth-order valence-electron chi connectivity index (χ4n) is 2.18. The van der Waals surface area contributed by atoms with Crippen molar-refractivity contribution in [1.82, 2.24) is 10.2 Å². The summed E-state index contributed by atoms with van der Waals surface area (Å²) >= 11 is 5.62. The second-order valence-electron chi connectivity index (χ2n) is 5.14. The van der Waals surface area contributed by atoms with Crippen LogP contribution in [0.4, 0.5) is 10.1 Å². The maximum atomic E-state index is 13.5. The van der Waals surface area contributed by atoms with Crippen molar-refractivity contribution in [3.8, 4) is 0 Å². The van der Waals surface area contributed by atoms with Crippen molar-refractivity contribution in [2.45, 2.75) is 6.42 Å². The Hall–Kier alpha value is -1.70. The number of benzene rings is 1. The topological polar surface area (TPSA) is 70.7 Å². The molecular formula is C15H19ClFN3O3. The lowest BCUT2D eigenvalue weighted by Gasteiger charge is -2.26. The third kappa shape index (κ3) is 5.78. The lowest BCUT2D eigenvalue weighted by atomic mass is 10.3. The SMILES string of the molecule is O=C(NCCCN1CCOCC1)C(=O)Nc1ccc(Cl)cc1F. The van der Waals surface area contributed by atoms with E-state index in [4.69, 9.17) is 16.3 Å². The summed E-state index contributed by atoms with van der Waals surface area (Å²) in [6.45, 7) is 4.42. The van der Waals surface area contributed by atoms with Crippen molar-refractivity contribution in [2.24, 2.45) is 0 Å². The van der Waals surface area contributed by atoms with Gasteiger partial charge in [-0.1, -0.05) is 11.6 Å². The molecule has 0 unspecified atom stereocenters. The van der Waals surface area contributed by atoms with Crippen LogP contribution in [0.15, 0.2) is 18.2 Å². The normalized spacial score (nSPS) is 15.2. The lowest BCUT2D eigenvalue weighted by molar-refractivity contribution is -0.136. The number of nitrogens with zero attached hydrogens (tertiary/aromatic N) is 1. The van der Waals surface area contributed by atoms with Crippen LogP contribution in [-0.4, -0.2) is 56.1 Å². The molecule has 6 nitrogen and oxygen atoms in total. The third-order valence-electron chi connectivity index (χ3n) is 3.43. The summed E-state index contributed by atoms with van der Waals surface area (Å²) in [4.78, 5) is 25.6. The number of hydrogen-bond acceptors (Lipinski definition) is 4. The molecule has 23 heavy (non-hydrogen) atoms. The average molecular weight is 344 g/mol. The standard InChI is InChI=1S/C15H19ClFN3O3/c16-11-2-3-13(12(17)10-11)19-15(22)14(21)18-4-1-5-20-6-8-23-9-7-20/h2-3,10H,1,4-9H2,(H,18,21)(H,19,22). The number of hydrogen-bond donors (Lipinski definition) is 2. The zero-order valence-electron chi connectivity index (χ0n) is 12.6. The molecule has 1 heterocycles. The van der Waals surface area contributed by atoms with Crippen LogP contribution < -0.4 is 10.6 Å². The molecule has 0 aromatic heterocycles. The smallest absolute Gasteiger partial charge is 0.313 e. The Labute approximate surface area is 138 Å². The first-order valence-electron chi connectivity index (χ1n) is 7.40. The molecule has 0 saturated carbocycles. The second kappa shape index (κ2) is 8.81. The fourth-order valence-corrected chi connectivity index (χ4v) is 2.34. The van der Waals surface area contributed by atoms with Gasteiger partial charge >= 0.3 is 11.8 Å². The molecule has 2 rings (SSSR count). The molecule has 0 aliphatic carbocycles. The van der Waals surface area contributed by atoms with Gasteiger partial charge in [-0.15, -0.1) is 0 Å². The van der Waals surface area contributed by atoms with Crippen LogP contribution in [0.2, 0.25) is 5.02 Å². The molecule has 0 radical (unpaired) electrons. The van der Waals surface area contributed by atoms with E-state index in [2.05, 4.69) is 15.5 Å². The first-order valence-corrected chi connectivity index (χ1v) is 7.78. The fraction of sp³-hybridized carbons (Fsp3) is 0.467. The Morgan fingerprint density at radius 1 is 1.26 bits per heavy atom. The van der Waals surface area contributed by atoms with Crippen LogP contribution in [0.5, 0.6) is 0 Å². The number of morpholine rings is 1. The minimum absolute atomic E-state index is 0.0807. The number of halogens is 2. The Kier molecular flexibility index (Phi) is 6.76. The van der Waals surface area contributed by atoms with E-state index in [9.17, 15) is 14.0 Å². The minimum atomic E-state index is -0.905. The molecule has 1 saturated heterocycles. The number of carbonyl (C=O) groups excluding carboxylic acids is 2. The van der Waals surface area contributed by atoms with Crippen molar-refractivity contribution < 1.29 is 18.7 Å². The molecule has 0 bridgehead atoms. The van der Waals surface area contributed by atoms with E-state index in [1.54, 1.807) is 0 Å². The highest BCUT2D eigenvalue weighted by molar-refractivity contribution is 6.39. The highest BCUT2D eigenvalue weighted by atomic mass is 35.5. The van der Waals surface area contributed by atoms with Crippen molar-refractivity contribution >= 4 is 29.1 Å². The third-order valence-corrected chi connectivity index (χ3v) is 3.66. The Balaban J connectivity index is 1.69. The largest absolute Gasteiger partial charge is 0.379 e. The molecule has 1 aromatic carbocycles. The molecule has 1 aliphatic rings. The van der Waals surface area contributed by atoms with Crippen molar-refractivity contribution in [3.05, 3.63) is 29.0 Å². The van der Waals surface area contributed by atoms with E-state index >= 15 is 0 Å². The van der Waals surface area contributed by atoms with Crippen molar-refractivity contribution in [2.75, 3.05) is 44.7 Å². The van der Waals surface area contributed by atoms with Gasteiger partial charge in [0, 0.05) is 24.7 Å². The molecule has 126 valence electrons. The number of rotatable bonds is 5. The van der Waals surface area contributed by atoms with Gasteiger partial charge < -0.3 is 15.4 Å². The second-order valence-corrected chi connectivity index (χ2v) is 5.58. The molecule has 0 atom stereocenters. The molecule has 1 aliphatic heterocycles. The van der Waals surface area contributed by atoms with Crippen molar-refractivity contribution in [1.29, 1.82) is 0 Å². The first kappa shape index (κ1) is 17.7. The number of amides is 2. The van der Waals surface area contributed by atoms with Crippen molar-refractivity contribution in [3.63, 3.8) is 0 Å². The summed E-state index contributed by atoms with van der Waals surface area (Å²) in [6.07, 6.45) is 0.730. The Bertz CT molecular complexity index is 565. The van der Waals surface area contributed by atoms with E-state index in [1.807, 2.05) is 0 Å². The van der Waals surface area contributed by atoms with Crippen LogP contribution in [0, 0.1) is 5.82 Å². The maximum Gasteiger partial charge on any atom is 0.313 e. The quantitative estimate of drug-likeness (QED) is 0.623. The Morgan fingerprint density at radius 3 is 2.70 bits per heavy atom. The predicted octanol–water partition coefficient (Wildman–Crippen LogP) is 1.26. The van der Waals surface area contributed by atoms with Gasteiger partial charge in [-0.2, -0.15) is 0 Å². The van der Waals surface area contributed by atoms with Crippen LogP contribution in [0.1, 0.15) is 6.42 Å². The van der Waals surface area contributed by atoms with E-state index in [-0.39, 0.29) is 10.7 Å². The van der Waals surface area contributed by atoms with Gasteiger partial charge in [0.25, 0.3) is 0 Å². The summed E-state index contributed by atoms with van der Waals surface area (Å²) in [5.41, 5.74) is -0.0807. The van der Waals surface area contributed by atoms with E-state index in [0.717, 1.165) is 45.3 Å². The summed E-state index contributed by atoms with van der Waals surface area (Å²) in [5.74, 6) is -2.38.